The van der Waals surface area contributed by atoms with Gasteiger partial charge >= 0.3 is 0 Å². The Morgan fingerprint density at radius 1 is 1.26 bits per heavy atom. The van der Waals surface area contributed by atoms with E-state index < -0.39 is 0 Å². The number of aryl methyl sites for hydroxylation is 3. The van der Waals surface area contributed by atoms with Gasteiger partial charge in [0.25, 0.3) is 0 Å². The number of hydrogen-bond acceptors (Lipinski definition) is 2. The second kappa shape index (κ2) is 6.29. The van der Waals surface area contributed by atoms with E-state index in [9.17, 15) is 0 Å². The van der Waals surface area contributed by atoms with E-state index in [1.165, 1.54) is 16.8 Å². The zero-order valence-electron chi connectivity index (χ0n) is 11.7. The molecule has 0 aliphatic heterocycles. The summed E-state index contributed by atoms with van der Waals surface area (Å²) in [6.45, 7) is 6.49. The first-order valence-corrected chi connectivity index (χ1v) is 7.41. The Morgan fingerprint density at radius 3 is 2.53 bits per heavy atom. The fourth-order valence-electron chi connectivity index (χ4n) is 2.27. The van der Waals surface area contributed by atoms with E-state index >= 15 is 0 Å². The monoisotopic (exact) mass is 321 g/mol. The molecular weight excluding hydrogens is 302 g/mol. The molecule has 1 aromatic heterocycles. The molecule has 0 fully saturated rings. The van der Waals surface area contributed by atoms with Gasteiger partial charge in [-0.2, -0.15) is 0 Å². The largest absolute Gasteiger partial charge is 0.469 e. The molecule has 2 aromatic rings. The van der Waals surface area contributed by atoms with Crippen LogP contribution in [0, 0.1) is 13.8 Å². The molecule has 1 atom stereocenters. The molecule has 2 nitrogen and oxygen atoms in total. The summed E-state index contributed by atoms with van der Waals surface area (Å²) in [7, 11) is 0. The molecule has 1 N–H and O–H groups in total. The molecule has 0 saturated carbocycles. The summed E-state index contributed by atoms with van der Waals surface area (Å²) in [5.41, 5.74) is 3.79. The molecule has 1 heterocycles. The van der Waals surface area contributed by atoms with Gasteiger partial charge in [-0.25, -0.2) is 0 Å². The Hall–Kier alpha value is -1.22. The van der Waals surface area contributed by atoms with Crippen molar-refractivity contribution in [3.63, 3.8) is 0 Å². The van der Waals surface area contributed by atoms with Crippen molar-refractivity contribution >= 4 is 21.6 Å². The number of furan rings is 1. The number of rotatable bonds is 5. The van der Waals surface area contributed by atoms with Crippen molar-refractivity contribution in [2.24, 2.45) is 0 Å². The van der Waals surface area contributed by atoms with Crippen molar-refractivity contribution < 1.29 is 4.42 Å². The number of benzene rings is 1. The molecule has 0 bridgehead atoms. The van der Waals surface area contributed by atoms with E-state index in [-0.39, 0.29) is 0 Å². The van der Waals surface area contributed by atoms with Gasteiger partial charge in [0.15, 0.2) is 0 Å². The third-order valence-corrected chi connectivity index (χ3v) is 3.75. The number of anilines is 1. The Morgan fingerprint density at radius 2 is 1.95 bits per heavy atom. The zero-order chi connectivity index (χ0) is 13.8. The first-order valence-electron chi connectivity index (χ1n) is 6.62. The van der Waals surface area contributed by atoms with Crippen LogP contribution in [0.5, 0.6) is 0 Å². The second-order valence-corrected chi connectivity index (χ2v) is 5.99. The fraction of sp³-hybridized carbons (Fsp3) is 0.375. The number of hydrogen-bond donors (Lipinski definition) is 1. The lowest BCUT2D eigenvalue weighted by molar-refractivity contribution is 0.495. The van der Waals surface area contributed by atoms with E-state index in [1.54, 1.807) is 6.26 Å². The second-order valence-electron chi connectivity index (χ2n) is 5.08. The van der Waals surface area contributed by atoms with Crippen LogP contribution in [-0.4, -0.2) is 6.04 Å². The van der Waals surface area contributed by atoms with Crippen LogP contribution in [0.25, 0.3) is 0 Å². The van der Waals surface area contributed by atoms with Crippen LogP contribution in [0.3, 0.4) is 0 Å². The van der Waals surface area contributed by atoms with Gasteiger partial charge in [-0.05, 0) is 62.6 Å². The van der Waals surface area contributed by atoms with Crippen LogP contribution >= 0.6 is 15.9 Å². The summed E-state index contributed by atoms with van der Waals surface area (Å²) in [5, 5.41) is 3.61. The molecule has 0 spiro atoms. The van der Waals surface area contributed by atoms with Crippen molar-refractivity contribution in [1.29, 1.82) is 0 Å². The van der Waals surface area contributed by atoms with Gasteiger partial charge in [0.1, 0.15) is 5.76 Å². The van der Waals surface area contributed by atoms with Gasteiger partial charge < -0.3 is 9.73 Å². The normalized spacial score (nSPS) is 12.4. The molecule has 19 heavy (non-hydrogen) atoms. The topological polar surface area (TPSA) is 25.2 Å². The highest BCUT2D eigenvalue weighted by molar-refractivity contribution is 9.10. The van der Waals surface area contributed by atoms with E-state index in [0.29, 0.717) is 6.04 Å². The Kier molecular flexibility index (Phi) is 4.70. The average Bonchev–Trinajstić information content (AvgIpc) is 2.84. The first-order chi connectivity index (χ1) is 9.06. The molecule has 0 amide bonds. The molecule has 0 radical (unpaired) electrons. The number of halogens is 1. The molecule has 3 heteroatoms. The van der Waals surface area contributed by atoms with Gasteiger partial charge in [-0.15, -0.1) is 0 Å². The lowest BCUT2D eigenvalue weighted by Crippen LogP contribution is -2.17. The third kappa shape index (κ3) is 3.87. The van der Waals surface area contributed by atoms with Crippen LogP contribution in [0.1, 0.15) is 30.2 Å². The molecule has 0 aliphatic rings. The van der Waals surface area contributed by atoms with Gasteiger partial charge in [-0.1, -0.05) is 15.9 Å². The quantitative estimate of drug-likeness (QED) is 0.829. The highest BCUT2D eigenvalue weighted by Crippen LogP contribution is 2.26. The molecule has 102 valence electrons. The summed E-state index contributed by atoms with van der Waals surface area (Å²) in [4.78, 5) is 0. The third-order valence-electron chi connectivity index (χ3n) is 3.29. The van der Waals surface area contributed by atoms with Crippen molar-refractivity contribution in [2.45, 2.75) is 39.7 Å². The van der Waals surface area contributed by atoms with Gasteiger partial charge in [0.05, 0.1) is 6.26 Å². The molecule has 1 unspecified atom stereocenters. The van der Waals surface area contributed by atoms with E-state index in [4.69, 9.17) is 4.42 Å². The van der Waals surface area contributed by atoms with Crippen LogP contribution in [-0.2, 0) is 6.42 Å². The first kappa shape index (κ1) is 14.2. The summed E-state index contributed by atoms with van der Waals surface area (Å²) < 4.78 is 6.50. The zero-order valence-corrected chi connectivity index (χ0v) is 13.3. The fourth-order valence-corrected chi connectivity index (χ4v) is 2.96. The van der Waals surface area contributed by atoms with Gasteiger partial charge in [0.2, 0.25) is 0 Å². The SMILES string of the molecule is Cc1cc(Br)cc(C)c1NC(C)CCc1ccco1. The molecule has 1 aromatic carbocycles. The highest BCUT2D eigenvalue weighted by atomic mass is 79.9. The maximum Gasteiger partial charge on any atom is 0.103 e. The van der Waals surface area contributed by atoms with Crippen LogP contribution < -0.4 is 5.32 Å². The summed E-state index contributed by atoms with van der Waals surface area (Å²) in [6.07, 6.45) is 3.76. The molecular formula is C16H20BrNO. The van der Waals surface area contributed by atoms with Gasteiger partial charge in [0, 0.05) is 22.6 Å². The molecule has 2 rings (SSSR count). The lowest BCUT2D eigenvalue weighted by Gasteiger charge is -2.19. The van der Waals surface area contributed by atoms with Crippen molar-refractivity contribution in [3.05, 3.63) is 51.9 Å². The predicted molar refractivity (Wildman–Crippen MR) is 83.7 cm³/mol. The molecule has 0 aliphatic carbocycles. The standard InChI is InChI=1S/C16H20BrNO/c1-11-9-14(17)10-12(2)16(11)18-13(3)6-7-15-5-4-8-19-15/h4-5,8-10,13,18H,6-7H2,1-3H3. The Balaban J connectivity index is 1.97. The maximum atomic E-state index is 5.36. The Bertz CT molecular complexity index is 511. The summed E-state index contributed by atoms with van der Waals surface area (Å²) in [6, 6.07) is 8.69. The Labute approximate surface area is 123 Å². The van der Waals surface area contributed by atoms with Gasteiger partial charge in [-0.3, -0.25) is 0 Å². The minimum absolute atomic E-state index is 0.420. The minimum atomic E-state index is 0.420. The van der Waals surface area contributed by atoms with Crippen LogP contribution in [0.15, 0.2) is 39.4 Å². The smallest absolute Gasteiger partial charge is 0.103 e. The van der Waals surface area contributed by atoms with Crippen LogP contribution in [0.4, 0.5) is 5.69 Å². The number of nitrogens with one attached hydrogen (secondary N) is 1. The lowest BCUT2D eigenvalue weighted by atomic mass is 10.1. The highest BCUT2D eigenvalue weighted by Gasteiger charge is 2.09. The van der Waals surface area contributed by atoms with E-state index in [1.807, 2.05) is 12.1 Å². The molecule has 0 saturated heterocycles. The maximum absolute atomic E-state index is 5.36. The van der Waals surface area contributed by atoms with Crippen molar-refractivity contribution in [1.82, 2.24) is 0 Å². The van der Waals surface area contributed by atoms with E-state index in [0.717, 1.165) is 23.1 Å². The van der Waals surface area contributed by atoms with Crippen LogP contribution in [0.2, 0.25) is 0 Å². The van der Waals surface area contributed by atoms with Crippen molar-refractivity contribution in [2.75, 3.05) is 5.32 Å². The summed E-state index contributed by atoms with van der Waals surface area (Å²) in [5.74, 6) is 1.05. The van der Waals surface area contributed by atoms with E-state index in [2.05, 4.69) is 54.2 Å². The summed E-state index contributed by atoms with van der Waals surface area (Å²) >= 11 is 3.53. The average molecular weight is 322 g/mol. The van der Waals surface area contributed by atoms with Crippen molar-refractivity contribution in [3.8, 4) is 0 Å². The minimum Gasteiger partial charge on any atom is -0.469 e. The predicted octanol–water partition coefficient (Wildman–Crippen LogP) is 5.09.